The van der Waals surface area contributed by atoms with Crippen LogP contribution in [0.3, 0.4) is 0 Å². The number of H-pyrrole nitrogens is 1. The summed E-state index contributed by atoms with van der Waals surface area (Å²) in [6.45, 7) is 3.71. The molecule has 0 saturated carbocycles. The SMILES string of the molecule is COC(=O)[C@@H](Cc1cnc[nH]1)NC(=O)C(C)C1=C(C)/C(=C/c2ccc(SC)cc2)c2ccc(F)cc21. The first-order valence-electron chi connectivity index (χ1n) is 11.5. The Hall–Kier alpha value is -3.65. The molecular formula is C28H28FN3O3S. The number of nitrogens with zero attached hydrogens (tertiary/aromatic N) is 1. The molecule has 0 aliphatic heterocycles. The molecule has 0 saturated heterocycles. The average Bonchev–Trinajstić information content (AvgIpc) is 3.49. The number of imidazole rings is 1. The number of amides is 1. The van der Waals surface area contributed by atoms with Crippen LogP contribution < -0.4 is 5.32 Å². The maximum absolute atomic E-state index is 14.3. The summed E-state index contributed by atoms with van der Waals surface area (Å²) in [5.41, 5.74) is 5.85. The van der Waals surface area contributed by atoms with Crippen LogP contribution in [0.1, 0.15) is 36.2 Å². The highest BCUT2D eigenvalue weighted by molar-refractivity contribution is 7.98. The van der Waals surface area contributed by atoms with E-state index in [1.807, 2.05) is 25.3 Å². The standard InChI is InChI=1S/C28H28FN3O3S/c1-16-23(11-18-5-8-21(36-4)9-6-18)22-10-7-19(29)12-24(22)26(16)17(2)27(33)32-25(28(34)35-3)13-20-14-30-15-31-20/h5-12,14-15,17,25H,13H2,1-4H3,(H,30,31)(H,32,33)/b23-11-/t17?,25-/m1/s1. The third-order valence-electron chi connectivity index (χ3n) is 6.40. The van der Waals surface area contributed by atoms with E-state index in [-0.39, 0.29) is 18.1 Å². The fraction of sp³-hybridized carbons (Fsp3) is 0.250. The lowest BCUT2D eigenvalue weighted by Gasteiger charge is -2.20. The van der Waals surface area contributed by atoms with Crippen molar-refractivity contribution in [1.29, 1.82) is 0 Å². The molecule has 2 atom stereocenters. The second-order valence-corrected chi connectivity index (χ2v) is 9.53. The van der Waals surface area contributed by atoms with Crippen molar-refractivity contribution in [3.05, 3.63) is 88.8 Å². The van der Waals surface area contributed by atoms with E-state index in [1.165, 1.54) is 30.5 Å². The molecule has 1 aliphatic rings. The minimum Gasteiger partial charge on any atom is -0.467 e. The number of rotatable bonds is 8. The fourth-order valence-corrected chi connectivity index (χ4v) is 4.92. The van der Waals surface area contributed by atoms with Crippen molar-refractivity contribution in [2.45, 2.75) is 31.2 Å². The van der Waals surface area contributed by atoms with Crippen molar-refractivity contribution in [2.75, 3.05) is 13.4 Å². The first-order chi connectivity index (χ1) is 17.3. The highest BCUT2D eigenvalue weighted by Gasteiger charge is 2.33. The molecule has 4 rings (SSSR count). The van der Waals surface area contributed by atoms with Gasteiger partial charge in [-0.1, -0.05) is 18.2 Å². The molecule has 1 heterocycles. The molecule has 0 bridgehead atoms. The summed E-state index contributed by atoms with van der Waals surface area (Å²) < 4.78 is 19.2. The van der Waals surface area contributed by atoms with Crippen LogP contribution in [-0.2, 0) is 20.7 Å². The van der Waals surface area contributed by atoms with Gasteiger partial charge in [-0.05, 0) is 83.9 Å². The van der Waals surface area contributed by atoms with Gasteiger partial charge in [0.05, 0.1) is 19.4 Å². The monoisotopic (exact) mass is 505 g/mol. The number of carbonyl (C=O) groups excluding carboxylic acids is 2. The summed E-state index contributed by atoms with van der Waals surface area (Å²) in [6.07, 6.45) is 7.40. The van der Waals surface area contributed by atoms with Crippen molar-refractivity contribution in [3.63, 3.8) is 0 Å². The number of nitrogens with one attached hydrogen (secondary N) is 2. The molecule has 0 fully saturated rings. The lowest BCUT2D eigenvalue weighted by atomic mass is 9.92. The number of allylic oxidation sites excluding steroid dienone is 2. The van der Waals surface area contributed by atoms with Crippen molar-refractivity contribution >= 4 is 40.9 Å². The summed E-state index contributed by atoms with van der Waals surface area (Å²) in [7, 11) is 1.28. The van der Waals surface area contributed by atoms with Gasteiger partial charge in [-0.25, -0.2) is 14.2 Å². The number of esters is 1. The number of halogens is 1. The van der Waals surface area contributed by atoms with Gasteiger partial charge in [0.1, 0.15) is 11.9 Å². The Labute approximate surface area is 214 Å². The number of benzene rings is 2. The number of fused-ring (bicyclic) bond motifs is 1. The maximum atomic E-state index is 14.3. The molecule has 1 aromatic heterocycles. The first-order valence-corrected chi connectivity index (χ1v) is 12.8. The zero-order valence-electron chi connectivity index (χ0n) is 20.6. The number of aromatic nitrogens is 2. The van der Waals surface area contributed by atoms with Crippen LogP contribution in [0.15, 0.2) is 65.5 Å². The second-order valence-electron chi connectivity index (χ2n) is 8.65. The summed E-state index contributed by atoms with van der Waals surface area (Å²) in [4.78, 5) is 33.8. The van der Waals surface area contributed by atoms with Crippen LogP contribution in [0.4, 0.5) is 4.39 Å². The van der Waals surface area contributed by atoms with E-state index in [1.54, 1.807) is 30.9 Å². The quantitative estimate of drug-likeness (QED) is 0.327. The highest BCUT2D eigenvalue weighted by Crippen LogP contribution is 2.45. The van der Waals surface area contributed by atoms with Crippen molar-refractivity contribution in [2.24, 2.45) is 5.92 Å². The molecule has 8 heteroatoms. The smallest absolute Gasteiger partial charge is 0.328 e. The van der Waals surface area contributed by atoms with Gasteiger partial charge in [-0.3, -0.25) is 4.79 Å². The maximum Gasteiger partial charge on any atom is 0.328 e. The van der Waals surface area contributed by atoms with Gasteiger partial charge < -0.3 is 15.0 Å². The van der Waals surface area contributed by atoms with Crippen molar-refractivity contribution in [1.82, 2.24) is 15.3 Å². The Morgan fingerprint density at radius 1 is 1.19 bits per heavy atom. The molecule has 3 aromatic rings. The van der Waals surface area contributed by atoms with Crippen LogP contribution in [0, 0.1) is 11.7 Å². The van der Waals surface area contributed by atoms with Crippen LogP contribution in [-0.4, -0.2) is 41.3 Å². The minimum atomic E-state index is -0.885. The number of methoxy groups -OCH3 is 1. The predicted octanol–water partition coefficient (Wildman–Crippen LogP) is 5.14. The van der Waals surface area contributed by atoms with E-state index in [9.17, 15) is 14.0 Å². The van der Waals surface area contributed by atoms with Gasteiger partial charge in [-0.2, -0.15) is 0 Å². The van der Waals surface area contributed by atoms with Crippen LogP contribution in [0.2, 0.25) is 0 Å². The lowest BCUT2D eigenvalue weighted by molar-refractivity contribution is -0.145. The number of thioether (sulfide) groups is 1. The van der Waals surface area contributed by atoms with E-state index < -0.39 is 17.9 Å². The lowest BCUT2D eigenvalue weighted by Crippen LogP contribution is -2.45. The van der Waals surface area contributed by atoms with Crippen LogP contribution in [0.25, 0.3) is 17.2 Å². The third-order valence-corrected chi connectivity index (χ3v) is 7.15. The number of hydrogen-bond acceptors (Lipinski definition) is 5. The Kier molecular flexibility index (Phi) is 7.74. The van der Waals surface area contributed by atoms with E-state index in [0.29, 0.717) is 11.3 Å². The van der Waals surface area contributed by atoms with Gasteiger partial charge in [0.2, 0.25) is 5.91 Å². The molecule has 0 radical (unpaired) electrons. The van der Waals surface area contributed by atoms with E-state index in [2.05, 4.69) is 33.5 Å². The van der Waals surface area contributed by atoms with Gasteiger partial charge >= 0.3 is 5.97 Å². The number of aromatic amines is 1. The normalized spacial score (nSPS) is 15.5. The number of ether oxygens (including phenoxy) is 1. The number of carbonyl (C=O) groups is 2. The molecule has 186 valence electrons. The second kappa shape index (κ2) is 11.0. The van der Waals surface area contributed by atoms with E-state index in [0.717, 1.165) is 27.8 Å². The fourth-order valence-electron chi connectivity index (χ4n) is 4.51. The molecule has 1 amide bonds. The van der Waals surface area contributed by atoms with Gasteiger partial charge in [0, 0.05) is 23.2 Å². The van der Waals surface area contributed by atoms with Gasteiger partial charge in [0.25, 0.3) is 0 Å². The summed E-state index contributed by atoms with van der Waals surface area (Å²) in [6, 6.07) is 12.0. The molecule has 1 unspecified atom stereocenters. The van der Waals surface area contributed by atoms with E-state index in [4.69, 9.17) is 4.74 Å². The minimum absolute atomic E-state index is 0.214. The zero-order valence-corrected chi connectivity index (χ0v) is 21.4. The molecule has 36 heavy (non-hydrogen) atoms. The summed E-state index contributed by atoms with van der Waals surface area (Å²) in [5.74, 6) is -1.91. The zero-order chi connectivity index (χ0) is 25.8. The Bertz CT molecular complexity index is 1330. The molecule has 6 nitrogen and oxygen atoms in total. The van der Waals surface area contributed by atoms with Gasteiger partial charge in [-0.15, -0.1) is 11.8 Å². The first kappa shape index (κ1) is 25.4. The average molecular weight is 506 g/mol. The highest BCUT2D eigenvalue weighted by atomic mass is 32.2. The molecule has 2 N–H and O–H groups in total. The van der Waals surface area contributed by atoms with E-state index >= 15 is 0 Å². The largest absolute Gasteiger partial charge is 0.467 e. The molecule has 0 spiro atoms. The van der Waals surface area contributed by atoms with Crippen molar-refractivity contribution in [3.8, 4) is 0 Å². The van der Waals surface area contributed by atoms with Gasteiger partial charge in [0.15, 0.2) is 0 Å². The molecule has 2 aromatic carbocycles. The molecule has 1 aliphatic carbocycles. The van der Waals surface area contributed by atoms with Crippen LogP contribution in [0.5, 0.6) is 0 Å². The van der Waals surface area contributed by atoms with Crippen LogP contribution >= 0.6 is 11.8 Å². The van der Waals surface area contributed by atoms with Crippen molar-refractivity contribution < 1.29 is 18.7 Å². The Morgan fingerprint density at radius 2 is 1.94 bits per heavy atom. The Balaban J connectivity index is 1.67. The summed E-state index contributed by atoms with van der Waals surface area (Å²) >= 11 is 1.67. The predicted molar refractivity (Wildman–Crippen MR) is 140 cm³/mol. The Morgan fingerprint density at radius 3 is 2.58 bits per heavy atom. The third kappa shape index (κ3) is 5.28. The topological polar surface area (TPSA) is 84.1 Å². The molecular weight excluding hydrogens is 477 g/mol. The number of hydrogen-bond donors (Lipinski definition) is 2. The summed E-state index contributed by atoms with van der Waals surface area (Å²) in [5, 5.41) is 2.81.